The fourth-order valence-electron chi connectivity index (χ4n) is 2.84. The number of methoxy groups -OCH3 is 1. The minimum Gasteiger partial charge on any atom is -0.496 e. The second-order valence-electron chi connectivity index (χ2n) is 5.79. The lowest BCUT2D eigenvalue weighted by atomic mass is 9.92. The Morgan fingerprint density at radius 1 is 1.42 bits per heavy atom. The van der Waals surface area contributed by atoms with Gasteiger partial charge in [0.2, 0.25) is 0 Å². The van der Waals surface area contributed by atoms with Crippen molar-refractivity contribution in [1.82, 2.24) is 4.90 Å². The Labute approximate surface area is 116 Å². The third-order valence-electron chi connectivity index (χ3n) is 4.38. The summed E-state index contributed by atoms with van der Waals surface area (Å²) in [5.74, 6) is 1.64. The lowest BCUT2D eigenvalue weighted by Crippen LogP contribution is -2.51. The summed E-state index contributed by atoms with van der Waals surface area (Å²) < 4.78 is 5.43. The summed E-state index contributed by atoms with van der Waals surface area (Å²) in [7, 11) is 1.74. The predicted molar refractivity (Wildman–Crippen MR) is 79.5 cm³/mol. The zero-order valence-electron chi connectivity index (χ0n) is 12.3. The van der Waals surface area contributed by atoms with Crippen molar-refractivity contribution in [3.05, 3.63) is 29.8 Å². The average molecular weight is 262 g/mol. The van der Waals surface area contributed by atoms with Gasteiger partial charge in [-0.2, -0.15) is 0 Å². The van der Waals surface area contributed by atoms with Crippen LogP contribution in [0.15, 0.2) is 24.3 Å². The number of hydrogen-bond donors (Lipinski definition) is 1. The molecule has 0 aromatic heterocycles. The zero-order valence-corrected chi connectivity index (χ0v) is 12.3. The van der Waals surface area contributed by atoms with E-state index in [0.29, 0.717) is 18.0 Å². The summed E-state index contributed by atoms with van der Waals surface area (Å²) in [5.41, 5.74) is 7.47. The van der Waals surface area contributed by atoms with Crippen LogP contribution in [0.1, 0.15) is 25.8 Å². The SMILES string of the molecule is COc1ccccc1CC(C)N1CCC(C)C(N)C1. The first kappa shape index (κ1) is 14.4. The molecule has 2 rings (SSSR count). The number of nitrogens with zero attached hydrogens (tertiary/aromatic N) is 1. The zero-order chi connectivity index (χ0) is 13.8. The van der Waals surface area contributed by atoms with Crippen molar-refractivity contribution in [2.45, 2.75) is 38.8 Å². The van der Waals surface area contributed by atoms with Crippen LogP contribution < -0.4 is 10.5 Å². The van der Waals surface area contributed by atoms with Gasteiger partial charge in [0.15, 0.2) is 0 Å². The molecule has 1 aromatic rings. The lowest BCUT2D eigenvalue weighted by Gasteiger charge is -2.38. The Hall–Kier alpha value is -1.06. The standard InChI is InChI=1S/C16H26N2O/c1-12-8-9-18(11-15(12)17)13(2)10-14-6-4-5-7-16(14)19-3/h4-7,12-13,15H,8-11,17H2,1-3H3. The first-order valence-electron chi connectivity index (χ1n) is 7.23. The first-order valence-corrected chi connectivity index (χ1v) is 7.23. The number of likely N-dealkylation sites (tertiary alicyclic amines) is 1. The highest BCUT2D eigenvalue weighted by Crippen LogP contribution is 2.23. The van der Waals surface area contributed by atoms with Gasteiger partial charge in [0.05, 0.1) is 7.11 Å². The molecule has 1 saturated heterocycles. The van der Waals surface area contributed by atoms with Crippen LogP contribution in [-0.4, -0.2) is 37.2 Å². The molecular formula is C16H26N2O. The molecule has 0 amide bonds. The van der Waals surface area contributed by atoms with Crippen LogP contribution in [0.5, 0.6) is 5.75 Å². The Morgan fingerprint density at radius 2 is 2.16 bits per heavy atom. The van der Waals surface area contributed by atoms with Crippen molar-refractivity contribution in [3.63, 3.8) is 0 Å². The molecule has 1 fully saturated rings. The van der Waals surface area contributed by atoms with E-state index in [9.17, 15) is 0 Å². The number of ether oxygens (including phenoxy) is 1. The summed E-state index contributed by atoms with van der Waals surface area (Å²) in [4.78, 5) is 2.51. The van der Waals surface area contributed by atoms with Crippen LogP contribution in [0, 0.1) is 5.92 Å². The van der Waals surface area contributed by atoms with E-state index in [4.69, 9.17) is 10.5 Å². The van der Waals surface area contributed by atoms with E-state index in [1.54, 1.807) is 7.11 Å². The quantitative estimate of drug-likeness (QED) is 0.905. The molecule has 2 N–H and O–H groups in total. The van der Waals surface area contributed by atoms with Gasteiger partial charge in [-0.05, 0) is 43.9 Å². The van der Waals surface area contributed by atoms with Crippen molar-refractivity contribution in [3.8, 4) is 5.75 Å². The Bertz CT molecular complexity index is 407. The Kier molecular flexibility index (Phi) is 4.83. The fraction of sp³-hybridized carbons (Fsp3) is 0.625. The normalized spacial score (nSPS) is 26.1. The molecule has 1 heterocycles. The first-order chi connectivity index (χ1) is 9.11. The van der Waals surface area contributed by atoms with E-state index in [1.807, 2.05) is 12.1 Å². The number of rotatable bonds is 4. The Morgan fingerprint density at radius 3 is 2.84 bits per heavy atom. The minimum atomic E-state index is 0.314. The van der Waals surface area contributed by atoms with Gasteiger partial charge in [0.25, 0.3) is 0 Å². The third kappa shape index (κ3) is 3.48. The highest BCUT2D eigenvalue weighted by atomic mass is 16.5. The van der Waals surface area contributed by atoms with Gasteiger partial charge in [-0.3, -0.25) is 4.90 Å². The maximum absolute atomic E-state index is 6.19. The van der Waals surface area contributed by atoms with Gasteiger partial charge >= 0.3 is 0 Å². The lowest BCUT2D eigenvalue weighted by molar-refractivity contribution is 0.127. The summed E-state index contributed by atoms with van der Waals surface area (Å²) in [6.45, 7) is 6.71. The molecular weight excluding hydrogens is 236 g/mol. The van der Waals surface area contributed by atoms with E-state index in [2.05, 4.69) is 30.9 Å². The van der Waals surface area contributed by atoms with Gasteiger partial charge in [-0.25, -0.2) is 0 Å². The van der Waals surface area contributed by atoms with Gasteiger partial charge < -0.3 is 10.5 Å². The molecule has 1 aliphatic heterocycles. The maximum Gasteiger partial charge on any atom is 0.122 e. The molecule has 3 unspecified atom stereocenters. The summed E-state index contributed by atoms with van der Waals surface area (Å²) >= 11 is 0. The molecule has 0 spiro atoms. The van der Waals surface area contributed by atoms with Crippen LogP contribution in [0.3, 0.4) is 0 Å². The van der Waals surface area contributed by atoms with Crippen LogP contribution in [0.4, 0.5) is 0 Å². The molecule has 106 valence electrons. The summed E-state index contributed by atoms with van der Waals surface area (Å²) in [6.07, 6.45) is 2.22. The number of para-hydroxylation sites is 1. The predicted octanol–water partition coefficient (Wildman–Crippen LogP) is 2.30. The maximum atomic E-state index is 6.19. The second-order valence-corrected chi connectivity index (χ2v) is 5.79. The molecule has 1 aliphatic rings. The van der Waals surface area contributed by atoms with E-state index in [0.717, 1.165) is 25.3 Å². The van der Waals surface area contributed by atoms with E-state index >= 15 is 0 Å². The van der Waals surface area contributed by atoms with Crippen LogP contribution >= 0.6 is 0 Å². The molecule has 0 bridgehead atoms. The molecule has 19 heavy (non-hydrogen) atoms. The van der Waals surface area contributed by atoms with Crippen molar-refractivity contribution in [2.75, 3.05) is 20.2 Å². The molecule has 0 radical (unpaired) electrons. The van der Waals surface area contributed by atoms with Crippen LogP contribution in [-0.2, 0) is 6.42 Å². The van der Waals surface area contributed by atoms with Crippen molar-refractivity contribution in [2.24, 2.45) is 11.7 Å². The third-order valence-corrected chi connectivity index (χ3v) is 4.38. The van der Waals surface area contributed by atoms with E-state index in [-0.39, 0.29) is 0 Å². The van der Waals surface area contributed by atoms with Crippen molar-refractivity contribution >= 4 is 0 Å². The topological polar surface area (TPSA) is 38.5 Å². The number of nitrogens with two attached hydrogens (primary N) is 1. The number of benzene rings is 1. The molecule has 1 aromatic carbocycles. The molecule has 0 aliphatic carbocycles. The van der Waals surface area contributed by atoms with Gasteiger partial charge in [0.1, 0.15) is 5.75 Å². The largest absolute Gasteiger partial charge is 0.496 e. The average Bonchev–Trinajstić information content (AvgIpc) is 2.42. The summed E-state index contributed by atoms with van der Waals surface area (Å²) in [5, 5.41) is 0. The van der Waals surface area contributed by atoms with Gasteiger partial charge in [-0.15, -0.1) is 0 Å². The molecule has 0 saturated carbocycles. The highest BCUT2D eigenvalue weighted by Gasteiger charge is 2.26. The Balaban J connectivity index is 1.99. The molecule has 3 heteroatoms. The van der Waals surface area contributed by atoms with Crippen LogP contribution in [0.25, 0.3) is 0 Å². The van der Waals surface area contributed by atoms with Gasteiger partial charge in [0, 0.05) is 18.6 Å². The minimum absolute atomic E-state index is 0.314. The van der Waals surface area contributed by atoms with Crippen molar-refractivity contribution < 1.29 is 4.74 Å². The second kappa shape index (κ2) is 6.40. The van der Waals surface area contributed by atoms with Crippen LogP contribution in [0.2, 0.25) is 0 Å². The number of piperidine rings is 1. The highest BCUT2D eigenvalue weighted by molar-refractivity contribution is 5.33. The number of hydrogen-bond acceptors (Lipinski definition) is 3. The van der Waals surface area contributed by atoms with Crippen molar-refractivity contribution in [1.29, 1.82) is 0 Å². The van der Waals surface area contributed by atoms with E-state index < -0.39 is 0 Å². The summed E-state index contributed by atoms with van der Waals surface area (Å²) in [6, 6.07) is 9.11. The monoisotopic (exact) mass is 262 g/mol. The molecule has 3 nitrogen and oxygen atoms in total. The fourth-order valence-corrected chi connectivity index (χ4v) is 2.84. The van der Waals surface area contributed by atoms with Gasteiger partial charge in [-0.1, -0.05) is 25.1 Å². The molecule has 3 atom stereocenters. The smallest absolute Gasteiger partial charge is 0.122 e. The van der Waals surface area contributed by atoms with E-state index in [1.165, 1.54) is 12.0 Å².